The molecule has 4 nitrogen and oxygen atoms in total. The predicted molar refractivity (Wildman–Crippen MR) is 199 cm³/mol. The summed E-state index contributed by atoms with van der Waals surface area (Å²) in [4.78, 5) is 13.7. The first kappa shape index (κ1) is 31.2. The summed E-state index contributed by atoms with van der Waals surface area (Å²) in [6.07, 6.45) is 3.59. The van der Waals surface area contributed by atoms with Crippen molar-refractivity contribution in [3.05, 3.63) is 138 Å². The quantitative estimate of drug-likeness (QED) is 0.129. The van der Waals surface area contributed by atoms with E-state index < -0.39 is 6.85 Å². The molecule has 6 heteroatoms. The molecule has 3 aromatic heterocycles. The number of aryl methyl sites for hydroxylation is 1. The topological polar surface area (TPSA) is 51.8 Å². The van der Waals surface area contributed by atoms with Crippen molar-refractivity contribution in [2.24, 2.45) is 0 Å². The molecule has 0 aliphatic rings. The van der Waals surface area contributed by atoms with Crippen LogP contribution in [-0.2, 0) is 30.9 Å². The van der Waals surface area contributed by atoms with Crippen molar-refractivity contribution in [3.63, 3.8) is 0 Å². The van der Waals surface area contributed by atoms with Gasteiger partial charge in [-0.3, -0.25) is 14.4 Å². The van der Waals surface area contributed by atoms with Gasteiger partial charge in [0.2, 0.25) is 0 Å². The standard InChI is InChI=1S/C29H23N2O.C15H15FN.Ir/c1-17-9-12-21(28-30-14-13-25(31-28)29(2,3)4)27-26(17)23-15-19-11-10-18-7-5-6-8-20(18)22(19)16-24(23)32-27;1-15(2,3)12-6-9-14(17-10-12)11-4-7-13(16)8-5-11;/h5-11,13-16H,1-4H3;4,6-10H,1-3H3;/q2*-1;/i1D3;;. The summed E-state index contributed by atoms with van der Waals surface area (Å²) in [5.41, 5.74) is 5.47. The summed E-state index contributed by atoms with van der Waals surface area (Å²) >= 11 is 0. The molecule has 0 N–H and O–H groups in total. The van der Waals surface area contributed by atoms with Crippen LogP contribution in [0.4, 0.5) is 4.39 Å². The maximum atomic E-state index is 12.8. The smallest absolute Gasteiger partial charge is 0.121 e. The Hall–Kier alpha value is -4.77. The van der Waals surface area contributed by atoms with Gasteiger partial charge in [0.15, 0.2) is 0 Å². The third-order valence-electron chi connectivity index (χ3n) is 8.74. The Morgan fingerprint density at radius 3 is 2.26 bits per heavy atom. The molecule has 0 spiro atoms. The molecular formula is C44H38FIrN3O-2. The molecule has 0 saturated heterocycles. The molecule has 3 heterocycles. The number of halogens is 1. The Labute approximate surface area is 310 Å². The number of pyridine rings is 1. The van der Waals surface area contributed by atoms with Gasteiger partial charge >= 0.3 is 0 Å². The maximum Gasteiger partial charge on any atom is 0.121 e. The summed E-state index contributed by atoms with van der Waals surface area (Å²) < 4.78 is 43.7. The first-order chi connectivity index (χ1) is 24.6. The van der Waals surface area contributed by atoms with Gasteiger partial charge in [-0.25, -0.2) is 0 Å². The summed E-state index contributed by atoms with van der Waals surface area (Å²) in [6.45, 7) is 10.4. The van der Waals surface area contributed by atoms with Crippen molar-refractivity contribution in [1.29, 1.82) is 0 Å². The summed E-state index contributed by atoms with van der Waals surface area (Å²) in [6, 6.07) is 34.3. The second-order valence-electron chi connectivity index (χ2n) is 14.4. The van der Waals surface area contributed by atoms with Crippen LogP contribution in [0.15, 0.2) is 108 Å². The normalized spacial score (nSPS) is 13.0. The van der Waals surface area contributed by atoms with E-state index in [2.05, 4.69) is 94.0 Å². The van der Waals surface area contributed by atoms with Crippen LogP contribution in [0.3, 0.4) is 0 Å². The van der Waals surface area contributed by atoms with Crippen LogP contribution in [0.2, 0.25) is 0 Å². The fourth-order valence-corrected chi connectivity index (χ4v) is 5.95. The van der Waals surface area contributed by atoms with Gasteiger partial charge in [0, 0.05) is 58.9 Å². The minimum atomic E-state index is -2.32. The number of furan rings is 1. The van der Waals surface area contributed by atoms with Gasteiger partial charge < -0.3 is 9.40 Å². The predicted octanol–water partition coefficient (Wildman–Crippen LogP) is 11.7. The van der Waals surface area contributed by atoms with E-state index in [0.29, 0.717) is 27.9 Å². The van der Waals surface area contributed by atoms with Crippen LogP contribution in [-0.4, -0.2) is 15.0 Å². The number of hydrogen-bond donors (Lipinski definition) is 0. The zero-order valence-electron chi connectivity index (χ0n) is 31.8. The molecule has 0 aliphatic carbocycles. The van der Waals surface area contributed by atoms with Gasteiger partial charge in [-0.05, 0) is 56.4 Å². The van der Waals surface area contributed by atoms with Crippen LogP contribution >= 0.6 is 0 Å². The van der Waals surface area contributed by atoms with E-state index in [9.17, 15) is 4.39 Å². The van der Waals surface area contributed by atoms with E-state index in [1.54, 1.807) is 12.3 Å². The summed E-state index contributed by atoms with van der Waals surface area (Å²) in [5, 5.41) is 5.67. The van der Waals surface area contributed by atoms with E-state index in [1.165, 1.54) is 23.8 Å². The Morgan fingerprint density at radius 2 is 1.56 bits per heavy atom. The number of rotatable bonds is 2. The molecule has 8 aromatic rings. The number of nitrogens with zero attached hydrogens (tertiary/aromatic N) is 3. The molecular weight excluding hydrogens is 798 g/mol. The SMILES string of the molecule is CC(C)(C)c1ccc(-c2[c-]cc(F)cc2)nc1.[2H]C([2H])([2H])c1c[c-]c(-c2nccc(C(C)(C)C)n2)c2oc3cc4c(ccc5ccccc54)cc3c12.[Ir]. The Bertz CT molecular complexity index is 2590. The fraction of sp³-hybridized carbons (Fsp3) is 0.205. The number of hydrogen-bond acceptors (Lipinski definition) is 4. The van der Waals surface area contributed by atoms with Crippen molar-refractivity contribution in [2.45, 2.75) is 59.2 Å². The third-order valence-corrected chi connectivity index (χ3v) is 8.74. The zero-order chi connectivity index (χ0) is 37.0. The Morgan fingerprint density at radius 1 is 0.760 bits per heavy atom. The summed E-state index contributed by atoms with van der Waals surface area (Å²) in [5.74, 6) is 0.189. The van der Waals surface area contributed by atoms with E-state index >= 15 is 0 Å². The van der Waals surface area contributed by atoms with Crippen molar-refractivity contribution in [1.82, 2.24) is 15.0 Å². The zero-order valence-corrected chi connectivity index (χ0v) is 31.2. The molecule has 0 atom stereocenters. The molecule has 0 unspecified atom stereocenters. The maximum absolute atomic E-state index is 12.8. The number of aromatic nitrogens is 3. The third kappa shape index (κ3) is 6.83. The fourth-order valence-electron chi connectivity index (χ4n) is 5.95. The van der Waals surface area contributed by atoms with Gasteiger partial charge in [-0.1, -0.05) is 108 Å². The number of benzene rings is 5. The van der Waals surface area contributed by atoms with Crippen LogP contribution < -0.4 is 0 Å². The number of fused-ring (bicyclic) bond motifs is 6. The summed E-state index contributed by atoms with van der Waals surface area (Å²) in [7, 11) is 0. The molecule has 0 aliphatic heterocycles. The van der Waals surface area contributed by atoms with Crippen molar-refractivity contribution in [2.75, 3.05) is 0 Å². The Kier molecular flexibility index (Phi) is 8.44. The van der Waals surface area contributed by atoms with E-state index in [-0.39, 0.29) is 42.3 Å². The monoisotopic (exact) mass is 839 g/mol. The van der Waals surface area contributed by atoms with Crippen LogP contribution in [0.1, 0.15) is 62.5 Å². The molecule has 0 amide bonds. The van der Waals surface area contributed by atoms with Gasteiger partial charge in [-0.15, -0.1) is 47.5 Å². The molecule has 253 valence electrons. The van der Waals surface area contributed by atoms with Crippen molar-refractivity contribution >= 4 is 43.5 Å². The van der Waals surface area contributed by atoms with E-state index in [0.717, 1.165) is 43.9 Å². The van der Waals surface area contributed by atoms with Gasteiger partial charge in [0.25, 0.3) is 0 Å². The first-order valence-electron chi connectivity index (χ1n) is 17.8. The van der Waals surface area contributed by atoms with Crippen LogP contribution in [0.25, 0.3) is 66.1 Å². The second-order valence-corrected chi connectivity index (χ2v) is 14.4. The van der Waals surface area contributed by atoms with Gasteiger partial charge in [-0.2, -0.15) is 0 Å². The van der Waals surface area contributed by atoms with Crippen molar-refractivity contribution in [3.8, 4) is 22.6 Å². The van der Waals surface area contributed by atoms with E-state index in [4.69, 9.17) is 13.5 Å². The van der Waals surface area contributed by atoms with Crippen LogP contribution in [0.5, 0.6) is 0 Å². The van der Waals surface area contributed by atoms with Crippen LogP contribution in [0, 0.1) is 24.8 Å². The average Bonchev–Trinajstić information content (AvgIpc) is 3.48. The molecule has 0 saturated carbocycles. The molecule has 8 rings (SSSR count). The Balaban J connectivity index is 0.000000226. The minimum absolute atomic E-state index is 0. The first-order valence-corrected chi connectivity index (χ1v) is 16.3. The molecule has 50 heavy (non-hydrogen) atoms. The molecule has 0 fully saturated rings. The van der Waals surface area contributed by atoms with E-state index in [1.807, 2.05) is 42.6 Å². The molecule has 5 aromatic carbocycles. The molecule has 0 bridgehead atoms. The second kappa shape index (κ2) is 13.5. The largest absolute Gasteiger partial charge is 0.501 e. The minimum Gasteiger partial charge on any atom is -0.501 e. The molecule has 1 radical (unpaired) electrons. The average molecular weight is 839 g/mol. The van der Waals surface area contributed by atoms with Crippen molar-refractivity contribution < 1.29 is 33.0 Å². The van der Waals surface area contributed by atoms with Gasteiger partial charge in [0.1, 0.15) is 5.58 Å². The van der Waals surface area contributed by atoms with Gasteiger partial charge in [0.05, 0.1) is 11.4 Å².